The average Bonchev–Trinajstić information content (AvgIpc) is 2.96. The van der Waals surface area contributed by atoms with E-state index in [1.165, 1.54) is 5.56 Å². The fraction of sp³-hybridized carbons (Fsp3) is 0.667. The number of amides is 1. The molecule has 7 heteroatoms. The molecule has 28 heavy (non-hydrogen) atoms. The second-order valence-corrected chi connectivity index (χ2v) is 8.49. The Morgan fingerprint density at radius 1 is 1.25 bits per heavy atom. The van der Waals surface area contributed by atoms with E-state index in [4.69, 9.17) is 4.74 Å². The molecule has 2 unspecified atom stereocenters. The summed E-state index contributed by atoms with van der Waals surface area (Å²) in [5.74, 6) is 0.0949. The lowest BCUT2D eigenvalue weighted by Gasteiger charge is -2.52. The van der Waals surface area contributed by atoms with Crippen molar-refractivity contribution in [2.45, 2.75) is 43.7 Å². The summed E-state index contributed by atoms with van der Waals surface area (Å²) >= 11 is 0. The zero-order valence-corrected chi connectivity index (χ0v) is 16.9. The van der Waals surface area contributed by atoms with Crippen LogP contribution in [0.15, 0.2) is 30.3 Å². The molecule has 1 aromatic rings. The number of carbonyl (C=O) groups excluding carboxylic acids is 1. The minimum Gasteiger partial charge on any atom is -0.381 e. The van der Waals surface area contributed by atoms with Gasteiger partial charge in [0, 0.05) is 45.4 Å². The smallest absolute Gasteiger partial charge is 0.238 e. The van der Waals surface area contributed by atoms with Crippen LogP contribution in [-0.4, -0.2) is 89.6 Å². The molecule has 1 aromatic carbocycles. The Morgan fingerprint density at radius 2 is 1.96 bits per heavy atom. The van der Waals surface area contributed by atoms with Crippen LogP contribution in [0.3, 0.4) is 0 Å². The summed E-state index contributed by atoms with van der Waals surface area (Å²) in [5, 5.41) is 14.0. The maximum absolute atomic E-state index is 12.7. The molecule has 0 bridgehead atoms. The molecule has 0 aliphatic carbocycles. The summed E-state index contributed by atoms with van der Waals surface area (Å²) < 4.78 is 5.55. The Balaban J connectivity index is 1.56. The lowest BCUT2D eigenvalue weighted by molar-refractivity contribution is -0.169. The normalized spacial score (nSPS) is 29.2. The maximum Gasteiger partial charge on any atom is 0.238 e. The van der Waals surface area contributed by atoms with Crippen molar-refractivity contribution in [1.82, 2.24) is 20.0 Å². The van der Waals surface area contributed by atoms with Crippen molar-refractivity contribution >= 4 is 5.91 Å². The van der Waals surface area contributed by atoms with Gasteiger partial charge >= 0.3 is 0 Å². The van der Waals surface area contributed by atoms with Crippen LogP contribution in [0.5, 0.6) is 0 Å². The van der Waals surface area contributed by atoms with E-state index < -0.39 is 11.9 Å². The van der Waals surface area contributed by atoms with Crippen molar-refractivity contribution in [1.29, 1.82) is 0 Å². The van der Waals surface area contributed by atoms with Crippen LogP contribution in [0.4, 0.5) is 0 Å². The zero-order chi connectivity index (χ0) is 19.8. The highest BCUT2D eigenvalue weighted by atomic mass is 16.5. The van der Waals surface area contributed by atoms with Gasteiger partial charge in [-0.3, -0.25) is 9.69 Å². The van der Waals surface area contributed by atoms with E-state index >= 15 is 0 Å². The van der Waals surface area contributed by atoms with Crippen molar-refractivity contribution < 1.29 is 14.6 Å². The molecule has 3 aliphatic rings. The highest BCUT2D eigenvalue weighted by Crippen LogP contribution is 2.45. The highest BCUT2D eigenvalue weighted by molar-refractivity contribution is 5.80. The molecule has 1 spiro atoms. The molecular formula is C21H32N4O3. The number of hydrogen-bond acceptors (Lipinski definition) is 6. The van der Waals surface area contributed by atoms with Crippen LogP contribution in [0.25, 0.3) is 0 Å². The number of fused-ring (bicyclic) bond motifs is 1. The van der Waals surface area contributed by atoms with Gasteiger partial charge in [-0.15, -0.1) is 0 Å². The Morgan fingerprint density at radius 3 is 2.61 bits per heavy atom. The van der Waals surface area contributed by atoms with E-state index in [9.17, 15) is 9.90 Å². The van der Waals surface area contributed by atoms with Gasteiger partial charge in [0.05, 0.1) is 13.2 Å². The lowest BCUT2D eigenvalue weighted by atomic mass is 9.85. The summed E-state index contributed by atoms with van der Waals surface area (Å²) in [6.07, 6.45) is 1.22. The first-order valence-corrected chi connectivity index (χ1v) is 10.2. The number of methoxy groups -OCH3 is 1. The van der Waals surface area contributed by atoms with Crippen LogP contribution in [0.1, 0.15) is 25.3 Å². The first-order valence-electron chi connectivity index (χ1n) is 10.2. The molecule has 2 atom stereocenters. The van der Waals surface area contributed by atoms with E-state index in [0.717, 1.165) is 32.5 Å². The van der Waals surface area contributed by atoms with Gasteiger partial charge in [0.15, 0.2) is 0 Å². The Labute approximate surface area is 167 Å². The number of carbonyl (C=O) groups is 1. The Hall–Kier alpha value is -1.51. The maximum atomic E-state index is 12.7. The lowest BCUT2D eigenvalue weighted by Crippen LogP contribution is -2.71. The molecule has 0 radical (unpaired) electrons. The minimum atomic E-state index is -0.645. The van der Waals surface area contributed by atoms with Gasteiger partial charge in [0.25, 0.3) is 0 Å². The molecule has 2 N–H and O–H groups in total. The number of ether oxygens (including phenoxy) is 1. The van der Waals surface area contributed by atoms with Crippen LogP contribution in [0.2, 0.25) is 0 Å². The van der Waals surface area contributed by atoms with E-state index in [2.05, 4.69) is 39.4 Å². The number of nitrogens with zero attached hydrogens (tertiary/aromatic N) is 3. The molecule has 1 amide bonds. The monoisotopic (exact) mass is 388 g/mol. The van der Waals surface area contributed by atoms with E-state index in [1.54, 1.807) is 7.11 Å². The minimum absolute atomic E-state index is 0.0949. The summed E-state index contributed by atoms with van der Waals surface area (Å²) in [4.78, 5) is 19.4. The number of aliphatic hydroxyl groups excluding tert-OH is 1. The Kier molecular flexibility index (Phi) is 5.46. The van der Waals surface area contributed by atoms with Gasteiger partial charge < -0.3 is 20.1 Å². The summed E-state index contributed by atoms with van der Waals surface area (Å²) in [6.45, 7) is 6.71. The molecule has 3 aliphatic heterocycles. The average molecular weight is 389 g/mol. The van der Waals surface area contributed by atoms with Crippen molar-refractivity contribution in [2.75, 3.05) is 46.4 Å². The summed E-state index contributed by atoms with van der Waals surface area (Å²) in [7, 11) is 1.67. The number of hydrogen-bond donors (Lipinski definition) is 2. The zero-order valence-electron chi connectivity index (χ0n) is 16.9. The second kappa shape index (κ2) is 7.72. The van der Waals surface area contributed by atoms with E-state index in [0.29, 0.717) is 26.2 Å². The molecule has 0 saturated carbocycles. The van der Waals surface area contributed by atoms with Gasteiger partial charge in [-0.25, -0.2) is 4.90 Å². The summed E-state index contributed by atoms with van der Waals surface area (Å²) in [5.41, 5.74) is 0.506. The second-order valence-electron chi connectivity index (χ2n) is 8.49. The molecule has 3 fully saturated rings. The first kappa shape index (κ1) is 19.8. The third kappa shape index (κ3) is 3.25. The predicted octanol–water partition coefficient (Wildman–Crippen LogP) is 0.450. The van der Waals surface area contributed by atoms with Gasteiger partial charge in [0.2, 0.25) is 5.91 Å². The largest absolute Gasteiger partial charge is 0.381 e. The summed E-state index contributed by atoms with van der Waals surface area (Å²) in [6, 6.07) is 10.5. The standard InChI is InChI=1S/C21H32N4O3/c1-17(26)25-20(15-24-19(27)12-22-14-21(24,25)16-28-2)8-10-23(11-9-20)13-18-6-4-3-5-7-18/h3-7,17,22,26H,8-16H2,1-2H3. The fourth-order valence-electron chi connectivity index (χ4n) is 5.60. The Bertz CT molecular complexity index is 686. The predicted molar refractivity (Wildman–Crippen MR) is 106 cm³/mol. The molecular weight excluding hydrogens is 356 g/mol. The molecule has 4 rings (SSSR count). The van der Waals surface area contributed by atoms with E-state index in [-0.39, 0.29) is 11.4 Å². The third-order valence-electron chi connectivity index (χ3n) is 6.68. The van der Waals surface area contributed by atoms with Crippen LogP contribution in [-0.2, 0) is 16.1 Å². The SMILES string of the molecule is COCC12CNCC(=O)N1CC1(CCN(Cc3ccccc3)CC1)N2C(C)O. The topological polar surface area (TPSA) is 68.3 Å². The fourth-order valence-corrected chi connectivity index (χ4v) is 5.60. The quantitative estimate of drug-likeness (QED) is 0.764. The molecule has 3 heterocycles. The number of nitrogens with one attached hydrogen (secondary N) is 1. The van der Waals surface area contributed by atoms with Gasteiger partial charge in [0.1, 0.15) is 11.9 Å². The molecule has 7 nitrogen and oxygen atoms in total. The third-order valence-corrected chi connectivity index (χ3v) is 6.68. The molecule has 3 saturated heterocycles. The highest BCUT2D eigenvalue weighted by Gasteiger charge is 2.63. The van der Waals surface area contributed by atoms with Crippen LogP contribution < -0.4 is 5.32 Å². The van der Waals surface area contributed by atoms with Crippen LogP contribution >= 0.6 is 0 Å². The van der Waals surface area contributed by atoms with Crippen molar-refractivity contribution in [3.8, 4) is 0 Å². The van der Waals surface area contributed by atoms with Gasteiger partial charge in [-0.05, 0) is 25.3 Å². The number of likely N-dealkylation sites (tertiary alicyclic amines) is 1. The molecule has 0 aromatic heterocycles. The number of piperidine rings is 1. The number of aliphatic hydroxyl groups is 1. The van der Waals surface area contributed by atoms with Crippen molar-refractivity contribution in [3.63, 3.8) is 0 Å². The van der Waals surface area contributed by atoms with Crippen LogP contribution in [0, 0.1) is 0 Å². The van der Waals surface area contributed by atoms with E-state index in [1.807, 2.05) is 17.9 Å². The number of rotatable bonds is 5. The van der Waals surface area contributed by atoms with Gasteiger partial charge in [-0.2, -0.15) is 0 Å². The van der Waals surface area contributed by atoms with Gasteiger partial charge in [-0.1, -0.05) is 30.3 Å². The van der Waals surface area contributed by atoms with Crippen molar-refractivity contribution in [2.24, 2.45) is 0 Å². The number of benzene rings is 1. The molecule has 154 valence electrons. The first-order chi connectivity index (χ1) is 13.5. The van der Waals surface area contributed by atoms with Crippen molar-refractivity contribution in [3.05, 3.63) is 35.9 Å². The number of piperazine rings is 1.